The lowest BCUT2D eigenvalue weighted by molar-refractivity contribution is -0.142. The Balaban J connectivity index is 2.50. The number of hydrogen-bond acceptors (Lipinski definition) is 4. The molecule has 2 atom stereocenters. The van der Waals surface area contributed by atoms with Crippen molar-refractivity contribution in [3.63, 3.8) is 0 Å². The van der Waals surface area contributed by atoms with Gasteiger partial charge in [0.15, 0.2) is 0 Å². The molecule has 0 fully saturated rings. The zero-order valence-electron chi connectivity index (χ0n) is 22.2. The van der Waals surface area contributed by atoms with Crippen molar-refractivity contribution in [3.8, 4) is 0 Å². The molecule has 0 bridgehead atoms. The lowest BCUT2D eigenvalue weighted by atomic mass is 9.99. The van der Waals surface area contributed by atoms with Gasteiger partial charge in [0, 0.05) is 19.0 Å². The molecule has 2 aromatic rings. The van der Waals surface area contributed by atoms with Gasteiger partial charge in [-0.05, 0) is 52.7 Å². The molecule has 194 valence electrons. The van der Waals surface area contributed by atoms with Crippen molar-refractivity contribution in [2.75, 3.05) is 6.54 Å². The van der Waals surface area contributed by atoms with Gasteiger partial charge in [0.2, 0.25) is 11.8 Å². The molecule has 0 aliphatic carbocycles. The molecule has 2 N–H and O–H groups in total. The minimum absolute atomic E-state index is 0.115. The van der Waals surface area contributed by atoms with Crippen molar-refractivity contribution in [1.29, 1.82) is 0 Å². The van der Waals surface area contributed by atoms with E-state index in [4.69, 9.17) is 4.74 Å². The van der Waals surface area contributed by atoms with Crippen molar-refractivity contribution >= 4 is 17.9 Å². The summed E-state index contributed by atoms with van der Waals surface area (Å²) in [7, 11) is 0. The molecule has 0 saturated carbocycles. The number of carbonyl (C=O) groups excluding carboxylic acids is 3. The standard InChI is InChI=1S/C29H39N3O4/c1-8-18-32(25(26(33)30-20(2)3)23-16-14-21(4)15-17-23)27(34)24(19-22-12-10-9-11-13-22)31-28(35)36-29(5,6)7/h8-17,20,24-25H,1,18-19H2,2-7H3,(H,30,33)(H,31,35). The Kier molecular flexibility index (Phi) is 10.3. The number of benzene rings is 2. The van der Waals surface area contributed by atoms with E-state index in [1.807, 2.05) is 75.4 Å². The Morgan fingerprint density at radius 1 is 1.00 bits per heavy atom. The highest BCUT2D eigenvalue weighted by atomic mass is 16.6. The predicted octanol–water partition coefficient (Wildman–Crippen LogP) is 4.71. The van der Waals surface area contributed by atoms with Crippen LogP contribution in [0.1, 0.15) is 57.4 Å². The number of ether oxygens (including phenoxy) is 1. The van der Waals surface area contributed by atoms with Gasteiger partial charge in [0.1, 0.15) is 17.7 Å². The molecule has 2 rings (SSSR count). The summed E-state index contributed by atoms with van der Waals surface area (Å²) in [6.07, 6.45) is 1.11. The summed E-state index contributed by atoms with van der Waals surface area (Å²) in [6.45, 7) is 14.9. The van der Waals surface area contributed by atoms with E-state index in [2.05, 4.69) is 17.2 Å². The summed E-state index contributed by atoms with van der Waals surface area (Å²) in [4.78, 5) is 41.6. The third-order valence-electron chi connectivity index (χ3n) is 5.26. The molecule has 36 heavy (non-hydrogen) atoms. The summed E-state index contributed by atoms with van der Waals surface area (Å²) in [6, 6.07) is 14.9. The van der Waals surface area contributed by atoms with Crippen LogP contribution < -0.4 is 10.6 Å². The monoisotopic (exact) mass is 493 g/mol. The normalized spacial score (nSPS) is 12.9. The molecule has 2 unspecified atom stereocenters. The lowest BCUT2D eigenvalue weighted by Gasteiger charge is -2.34. The van der Waals surface area contributed by atoms with Crippen molar-refractivity contribution in [3.05, 3.63) is 83.9 Å². The third kappa shape index (κ3) is 8.87. The van der Waals surface area contributed by atoms with E-state index in [9.17, 15) is 14.4 Å². The Hall–Kier alpha value is -3.61. The quantitative estimate of drug-likeness (QED) is 0.469. The van der Waals surface area contributed by atoms with Crippen LogP contribution in [0.15, 0.2) is 67.3 Å². The van der Waals surface area contributed by atoms with Crippen LogP contribution in [-0.2, 0) is 20.7 Å². The molecule has 3 amide bonds. The number of hydrogen-bond donors (Lipinski definition) is 2. The maximum atomic E-state index is 14.0. The molecule has 0 saturated heterocycles. The van der Waals surface area contributed by atoms with Crippen molar-refractivity contribution in [1.82, 2.24) is 15.5 Å². The first-order chi connectivity index (χ1) is 16.9. The van der Waals surface area contributed by atoms with Crippen LogP contribution >= 0.6 is 0 Å². The van der Waals surface area contributed by atoms with Crippen LogP contribution in [0.2, 0.25) is 0 Å². The largest absolute Gasteiger partial charge is 0.444 e. The van der Waals surface area contributed by atoms with E-state index in [0.29, 0.717) is 5.56 Å². The van der Waals surface area contributed by atoms with Crippen molar-refractivity contribution < 1.29 is 19.1 Å². The van der Waals surface area contributed by atoms with E-state index < -0.39 is 29.7 Å². The number of nitrogens with one attached hydrogen (secondary N) is 2. The Morgan fingerprint density at radius 2 is 1.61 bits per heavy atom. The predicted molar refractivity (Wildman–Crippen MR) is 142 cm³/mol. The summed E-state index contributed by atoms with van der Waals surface area (Å²) in [5.74, 6) is -0.714. The van der Waals surface area contributed by atoms with Gasteiger partial charge < -0.3 is 20.3 Å². The van der Waals surface area contributed by atoms with Gasteiger partial charge in [-0.25, -0.2) is 4.79 Å². The Labute approximate surface area is 214 Å². The Morgan fingerprint density at radius 3 is 2.14 bits per heavy atom. The summed E-state index contributed by atoms with van der Waals surface area (Å²) < 4.78 is 5.43. The first-order valence-electron chi connectivity index (χ1n) is 12.2. The van der Waals surface area contributed by atoms with Crippen LogP contribution in [0.4, 0.5) is 4.79 Å². The molecule has 0 heterocycles. The van der Waals surface area contributed by atoms with E-state index in [-0.39, 0.29) is 24.9 Å². The van der Waals surface area contributed by atoms with E-state index in [1.165, 1.54) is 4.90 Å². The fourth-order valence-corrected chi connectivity index (χ4v) is 3.75. The number of alkyl carbamates (subject to hydrolysis) is 1. The molecular formula is C29H39N3O4. The van der Waals surface area contributed by atoms with Gasteiger partial charge in [-0.1, -0.05) is 66.2 Å². The minimum Gasteiger partial charge on any atom is -0.444 e. The summed E-state index contributed by atoms with van der Waals surface area (Å²) in [5, 5.41) is 5.67. The molecule has 0 aliphatic heterocycles. The number of aryl methyl sites for hydroxylation is 1. The second kappa shape index (κ2) is 12.9. The molecule has 0 aliphatic rings. The van der Waals surface area contributed by atoms with Gasteiger partial charge in [-0.15, -0.1) is 6.58 Å². The van der Waals surface area contributed by atoms with Gasteiger partial charge in [-0.3, -0.25) is 9.59 Å². The van der Waals surface area contributed by atoms with Crippen LogP contribution in [0.3, 0.4) is 0 Å². The van der Waals surface area contributed by atoms with Gasteiger partial charge >= 0.3 is 6.09 Å². The maximum Gasteiger partial charge on any atom is 0.408 e. The van der Waals surface area contributed by atoms with Crippen LogP contribution in [-0.4, -0.2) is 47.0 Å². The molecule has 7 nitrogen and oxygen atoms in total. The highest BCUT2D eigenvalue weighted by Gasteiger charge is 2.36. The number of amides is 3. The molecule has 2 aromatic carbocycles. The molecule has 0 aromatic heterocycles. The van der Waals surface area contributed by atoms with Gasteiger partial charge in [0.25, 0.3) is 0 Å². The lowest BCUT2D eigenvalue weighted by Crippen LogP contribution is -2.54. The highest BCUT2D eigenvalue weighted by molar-refractivity contribution is 5.92. The third-order valence-corrected chi connectivity index (χ3v) is 5.26. The molecule has 7 heteroatoms. The van der Waals surface area contributed by atoms with Gasteiger partial charge in [-0.2, -0.15) is 0 Å². The smallest absolute Gasteiger partial charge is 0.408 e. The van der Waals surface area contributed by atoms with E-state index in [0.717, 1.165) is 11.1 Å². The van der Waals surface area contributed by atoms with Crippen LogP contribution in [0.5, 0.6) is 0 Å². The fraction of sp³-hybridized carbons (Fsp3) is 0.414. The first-order valence-corrected chi connectivity index (χ1v) is 12.2. The minimum atomic E-state index is -0.956. The second-order valence-corrected chi connectivity index (χ2v) is 10.1. The highest BCUT2D eigenvalue weighted by Crippen LogP contribution is 2.24. The maximum absolute atomic E-state index is 14.0. The van der Waals surface area contributed by atoms with Crippen LogP contribution in [0.25, 0.3) is 0 Å². The van der Waals surface area contributed by atoms with Crippen LogP contribution in [0, 0.1) is 6.92 Å². The van der Waals surface area contributed by atoms with E-state index in [1.54, 1.807) is 26.8 Å². The molecule has 0 radical (unpaired) electrons. The summed E-state index contributed by atoms with van der Waals surface area (Å²) >= 11 is 0. The van der Waals surface area contributed by atoms with E-state index >= 15 is 0 Å². The number of rotatable bonds is 10. The zero-order chi connectivity index (χ0) is 26.9. The SMILES string of the molecule is C=CCN(C(=O)C(Cc1ccccc1)NC(=O)OC(C)(C)C)C(C(=O)NC(C)C)c1ccc(C)cc1. The molecule has 0 spiro atoms. The number of carbonyl (C=O) groups is 3. The summed E-state index contributed by atoms with van der Waals surface area (Å²) in [5.41, 5.74) is 1.85. The number of nitrogens with zero attached hydrogens (tertiary/aromatic N) is 1. The van der Waals surface area contributed by atoms with Crippen molar-refractivity contribution in [2.24, 2.45) is 0 Å². The topological polar surface area (TPSA) is 87.7 Å². The fourth-order valence-electron chi connectivity index (χ4n) is 3.75. The average Bonchev–Trinajstić information content (AvgIpc) is 2.78. The molecular weight excluding hydrogens is 454 g/mol. The van der Waals surface area contributed by atoms with Gasteiger partial charge in [0.05, 0.1) is 0 Å². The first kappa shape index (κ1) is 28.6. The second-order valence-electron chi connectivity index (χ2n) is 10.1. The van der Waals surface area contributed by atoms with Crippen molar-refractivity contribution in [2.45, 2.75) is 71.7 Å². The Bertz CT molecular complexity index is 1030. The zero-order valence-corrected chi connectivity index (χ0v) is 22.2. The average molecular weight is 494 g/mol.